The fourth-order valence-electron chi connectivity index (χ4n) is 2.02. The first-order chi connectivity index (χ1) is 5.96. The standard InChI is InChI=1S/C9H16F3N/c1-3-6-13-7(2)4-5-8(13)9(10,11)12/h7-8H,3-6H2,1-2H3/t7-,8?/m1/s1. The second kappa shape index (κ2) is 3.86. The molecule has 1 heterocycles. The molecule has 0 saturated carbocycles. The minimum absolute atomic E-state index is 0.0894. The number of nitrogens with zero attached hydrogens (tertiary/aromatic N) is 1. The summed E-state index contributed by atoms with van der Waals surface area (Å²) in [5.41, 5.74) is 0. The second-order valence-electron chi connectivity index (χ2n) is 3.72. The molecule has 1 fully saturated rings. The molecule has 0 aromatic heterocycles. The van der Waals surface area contributed by atoms with E-state index in [1.54, 1.807) is 4.90 Å². The summed E-state index contributed by atoms with van der Waals surface area (Å²) in [5.74, 6) is 0. The van der Waals surface area contributed by atoms with Crippen molar-refractivity contribution in [2.24, 2.45) is 0 Å². The molecule has 1 saturated heterocycles. The number of alkyl halides is 3. The minimum atomic E-state index is -4.04. The van der Waals surface area contributed by atoms with E-state index >= 15 is 0 Å². The summed E-state index contributed by atoms with van der Waals surface area (Å²) < 4.78 is 37.4. The predicted octanol–water partition coefficient (Wildman–Crippen LogP) is 2.81. The highest BCUT2D eigenvalue weighted by Crippen LogP contribution is 2.35. The summed E-state index contributed by atoms with van der Waals surface area (Å²) in [6, 6.07) is -1.10. The second-order valence-corrected chi connectivity index (χ2v) is 3.72. The third kappa shape index (κ3) is 2.36. The third-order valence-corrected chi connectivity index (χ3v) is 2.68. The Labute approximate surface area is 76.9 Å². The van der Waals surface area contributed by atoms with Crippen molar-refractivity contribution in [3.63, 3.8) is 0 Å². The summed E-state index contributed by atoms with van der Waals surface area (Å²) in [4.78, 5) is 1.58. The molecule has 0 bridgehead atoms. The van der Waals surface area contributed by atoms with Gasteiger partial charge in [-0.25, -0.2) is 0 Å². The fourth-order valence-corrected chi connectivity index (χ4v) is 2.02. The summed E-state index contributed by atoms with van der Waals surface area (Å²) in [6.45, 7) is 4.35. The Balaban J connectivity index is 2.64. The van der Waals surface area contributed by atoms with Gasteiger partial charge in [0.25, 0.3) is 0 Å². The van der Waals surface area contributed by atoms with Crippen LogP contribution in [0.5, 0.6) is 0 Å². The van der Waals surface area contributed by atoms with Gasteiger partial charge >= 0.3 is 6.18 Å². The molecule has 0 aromatic rings. The predicted molar refractivity (Wildman–Crippen MR) is 45.5 cm³/mol. The summed E-state index contributed by atoms with van der Waals surface area (Å²) in [5, 5.41) is 0. The summed E-state index contributed by atoms with van der Waals surface area (Å²) in [7, 11) is 0. The van der Waals surface area contributed by atoms with Gasteiger partial charge in [-0.1, -0.05) is 6.92 Å². The van der Waals surface area contributed by atoms with Crippen LogP contribution in [0, 0.1) is 0 Å². The van der Waals surface area contributed by atoms with Gasteiger partial charge in [-0.2, -0.15) is 13.2 Å². The molecule has 1 rings (SSSR count). The average Bonchev–Trinajstić information content (AvgIpc) is 2.32. The van der Waals surface area contributed by atoms with Gasteiger partial charge in [-0.15, -0.1) is 0 Å². The smallest absolute Gasteiger partial charge is 0.290 e. The van der Waals surface area contributed by atoms with Crippen molar-refractivity contribution >= 4 is 0 Å². The zero-order chi connectivity index (χ0) is 10.1. The van der Waals surface area contributed by atoms with E-state index in [-0.39, 0.29) is 12.5 Å². The molecule has 0 radical (unpaired) electrons. The summed E-state index contributed by atoms with van der Waals surface area (Å²) >= 11 is 0. The van der Waals surface area contributed by atoms with Gasteiger partial charge in [0, 0.05) is 6.04 Å². The number of hydrogen-bond donors (Lipinski definition) is 0. The molecular weight excluding hydrogens is 179 g/mol. The SMILES string of the molecule is CCCN1C(C(F)(F)F)CC[C@H]1C. The molecule has 0 aromatic carbocycles. The Bertz CT molecular complexity index is 167. The van der Waals surface area contributed by atoms with Crippen LogP contribution in [0.15, 0.2) is 0 Å². The van der Waals surface area contributed by atoms with E-state index in [4.69, 9.17) is 0 Å². The van der Waals surface area contributed by atoms with Crippen molar-refractivity contribution in [3.8, 4) is 0 Å². The molecule has 0 spiro atoms. The highest BCUT2D eigenvalue weighted by atomic mass is 19.4. The number of halogens is 3. The van der Waals surface area contributed by atoms with Crippen LogP contribution in [0.2, 0.25) is 0 Å². The lowest BCUT2D eigenvalue weighted by molar-refractivity contribution is -0.178. The van der Waals surface area contributed by atoms with Crippen molar-refractivity contribution < 1.29 is 13.2 Å². The lowest BCUT2D eigenvalue weighted by Crippen LogP contribution is -2.44. The van der Waals surface area contributed by atoms with Crippen molar-refractivity contribution in [2.45, 2.75) is 51.4 Å². The van der Waals surface area contributed by atoms with Crippen LogP contribution < -0.4 is 0 Å². The Morgan fingerprint density at radius 1 is 1.31 bits per heavy atom. The van der Waals surface area contributed by atoms with Crippen LogP contribution in [0.4, 0.5) is 13.2 Å². The molecule has 0 amide bonds. The molecule has 78 valence electrons. The van der Waals surface area contributed by atoms with Crippen LogP contribution in [0.1, 0.15) is 33.1 Å². The molecule has 13 heavy (non-hydrogen) atoms. The van der Waals surface area contributed by atoms with Gasteiger partial charge in [0.15, 0.2) is 0 Å². The Morgan fingerprint density at radius 2 is 1.92 bits per heavy atom. The molecule has 1 aliphatic rings. The van der Waals surface area contributed by atoms with Crippen molar-refractivity contribution in [3.05, 3.63) is 0 Å². The molecule has 4 heteroatoms. The topological polar surface area (TPSA) is 3.24 Å². The quantitative estimate of drug-likeness (QED) is 0.655. The summed E-state index contributed by atoms with van der Waals surface area (Å²) in [6.07, 6.45) is -2.31. The van der Waals surface area contributed by atoms with E-state index in [1.165, 1.54) is 0 Å². The van der Waals surface area contributed by atoms with Gasteiger partial charge in [-0.05, 0) is 32.7 Å². The maximum atomic E-state index is 12.5. The highest BCUT2D eigenvalue weighted by molar-refractivity contribution is 4.89. The van der Waals surface area contributed by atoms with E-state index in [9.17, 15) is 13.2 Å². The van der Waals surface area contributed by atoms with Crippen molar-refractivity contribution in [1.82, 2.24) is 4.90 Å². The monoisotopic (exact) mass is 195 g/mol. The number of likely N-dealkylation sites (tertiary alicyclic amines) is 1. The number of rotatable bonds is 2. The van der Waals surface area contributed by atoms with Crippen LogP contribution in [0.3, 0.4) is 0 Å². The average molecular weight is 195 g/mol. The van der Waals surface area contributed by atoms with Crippen molar-refractivity contribution in [1.29, 1.82) is 0 Å². The maximum absolute atomic E-state index is 12.5. The Hall–Kier alpha value is -0.250. The van der Waals surface area contributed by atoms with Crippen LogP contribution >= 0.6 is 0 Å². The molecular formula is C9H16F3N. The first-order valence-corrected chi connectivity index (χ1v) is 4.79. The van der Waals surface area contributed by atoms with Gasteiger partial charge in [0.05, 0.1) is 0 Å². The zero-order valence-electron chi connectivity index (χ0n) is 8.06. The lowest BCUT2D eigenvalue weighted by Gasteiger charge is -2.29. The van der Waals surface area contributed by atoms with E-state index < -0.39 is 12.2 Å². The van der Waals surface area contributed by atoms with Gasteiger partial charge in [0.2, 0.25) is 0 Å². The highest BCUT2D eigenvalue weighted by Gasteiger charge is 2.47. The molecule has 1 nitrogen and oxygen atoms in total. The third-order valence-electron chi connectivity index (χ3n) is 2.68. The van der Waals surface area contributed by atoms with Gasteiger partial charge in [-0.3, -0.25) is 4.90 Å². The molecule has 1 aliphatic heterocycles. The molecule has 2 atom stereocenters. The van der Waals surface area contributed by atoms with Gasteiger partial charge in [0.1, 0.15) is 6.04 Å². The van der Waals surface area contributed by atoms with Gasteiger partial charge < -0.3 is 0 Å². The molecule has 0 N–H and O–H groups in total. The Morgan fingerprint density at radius 3 is 2.38 bits per heavy atom. The maximum Gasteiger partial charge on any atom is 0.404 e. The first kappa shape index (κ1) is 10.8. The largest absolute Gasteiger partial charge is 0.404 e. The first-order valence-electron chi connectivity index (χ1n) is 4.79. The Kier molecular flexibility index (Phi) is 3.22. The van der Waals surface area contributed by atoms with E-state index in [2.05, 4.69) is 0 Å². The zero-order valence-corrected chi connectivity index (χ0v) is 8.06. The van der Waals surface area contributed by atoms with E-state index in [0.29, 0.717) is 13.0 Å². The van der Waals surface area contributed by atoms with E-state index in [1.807, 2.05) is 13.8 Å². The van der Waals surface area contributed by atoms with Crippen LogP contribution in [0.25, 0.3) is 0 Å². The normalized spacial score (nSPS) is 31.2. The van der Waals surface area contributed by atoms with Crippen LogP contribution in [-0.4, -0.2) is 29.7 Å². The molecule has 1 unspecified atom stereocenters. The van der Waals surface area contributed by atoms with E-state index in [0.717, 1.165) is 6.42 Å². The lowest BCUT2D eigenvalue weighted by atomic mass is 10.2. The number of hydrogen-bond acceptors (Lipinski definition) is 1. The van der Waals surface area contributed by atoms with Crippen molar-refractivity contribution in [2.75, 3.05) is 6.54 Å². The fraction of sp³-hybridized carbons (Fsp3) is 1.00. The van der Waals surface area contributed by atoms with Crippen LogP contribution in [-0.2, 0) is 0 Å². The molecule has 0 aliphatic carbocycles. The minimum Gasteiger partial charge on any atom is -0.290 e.